The molecule has 0 saturated heterocycles. The molecule has 4 rings (SSSR count). The summed E-state index contributed by atoms with van der Waals surface area (Å²) in [5.74, 6) is -1.47. The molecule has 0 unspecified atom stereocenters. The maximum Gasteiger partial charge on any atom is 0.303 e. The van der Waals surface area contributed by atoms with Crippen LogP contribution < -0.4 is 0 Å². The van der Waals surface area contributed by atoms with Gasteiger partial charge in [-0.1, -0.05) is 19.4 Å². The van der Waals surface area contributed by atoms with Crippen LogP contribution in [0.5, 0.6) is 0 Å². The number of hydrogen-bond donors (Lipinski definition) is 3. The van der Waals surface area contributed by atoms with Crippen molar-refractivity contribution in [1.29, 1.82) is 0 Å². The number of aliphatic hydroxyl groups is 2. The van der Waals surface area contributed by atoms with Crippen molar-refractivity contribution >= 4 is 17.5 Å². The van der Waals surface area contributed by atoms with Gasteiger partial charge in [0.2, 0.25) is 11.5 Å². The average Bonchev–Trinajstić information content (AvgIpc) is 2.93. The van der Waals surface area contributed by atoms with E-state index < -0.39 is 28.3 Å². The minimum absolute atomic E-state index is 0.0125. The summed E-state index contributed by atoms with van der Waals surface area (Å²) in [4.78, 5) is 37.7. The van der Waals surface area contributed by atoms with E-state index in [9.17, 15) is 29.7 Å². The average molecular weight is 431 g/mol. The predicted molar refractivity (Wildman–Crippen MR) is 114 cm³/mol. The Balaban J connectivity index is 1.74. The largest absolute Gasteiger partial charge is 0.504 e. The zero-order valence-electron chi connectivity index (χ0n) is 18.9. The first-order valence-electron chi connectivity index (χ1n) is 11.5. The zero-order chi connectivity index (χ0) is 22.9. The minimum atomic E-state index is -0.872. The Kier molecular flexibility index (Phi) is 4.95. The number of hydrogen-bond acceptors (Lipinski definition) is 5. The van der Waals surface area contributed by atoms with Crippen molar-refractivity contribution in [1.82, 2.24) is 0 Å². The molecule has 0 spiro atoms. The summed E-state index contributed by atoms with van der Waals surface area (Å²) in [7, 11) is 0. The van der Waals surface area contributed by atoms with E-state index in [1.165, 1.54) is 0 Å². The number of aliphatic hydroxyl groups excluding tert-OH is 2. The summed E-state index contributed by atoms with van der Waals surface area (Å²) in [5.41, 5.74) is -0.891. The molecule has 7 atom stereocenters. The van der Waals surface area contributed by atoms with Gasteiger partial charge >= 0.3 is 5.97 Å². The molecule has 6 heteroatoms. The van der Waals surface area contributed by atoms with Gasteiger partial charge in [-0.2, -0.15) is 0 Å². The number of allylic oxidation sites excluding steroid dienone is 3. The van der Waals surface area contributed by atoms with Gasteiger partial charge in [0.15, 0.2) is 5.76 Å². The fraction of sp³-hybridized carbons (Fsp3) is 0.720. The van der Waals surface area contributed by atoms with E-state index in [0.717, 1.165) is 31.3 Å². The van der Waals surface area contributed by atoms with Crippen molar-refractivity contribution in [3.8, 4) is 0 Å². The van der Waals surface area contributed by atoms with Crippen molar-refractivity contribution in [2.45, 2.75) is 72.6 Å². The molecule has 0 amide bonds. The first-order valence-corrected chi connectivity index (χ1v) is 11.5. The molecule has 31 heavy (non-hydrogen) atoms. The van der Waals surface area contributed by atoms with E-state index in [2.05, 4.69) is 13.8 Å². The number of Topliss-reactive ketones (excluding diaryl/α,β-unsaturated/α-hetero) is 2. The number of carboxylic acid groups (broad SMARTS) is 1. The highest BCUT2D eigenvalue weighted by Crippen LogP contribution is 2.72. The second kappa shape index (κ2) is 6.94. The second-order valence-electron chi connectivity index (χ2n) is 10.9. The van der Waals surface area contributed by atoms with Crippen LogP contribution in [-0.2, 0) is 14.4 Å². The first kappa shape index (κ1) is 22.1. The van der Waals surface area contributed by atoms with Crippen LogP contribution in [-0.4, -0.2) is 32.9 Å². The van der Waals surface area contributed by atoms with E-state index in [0.29, 0.717) is 12.8 Å². The lowest BCUT2D eigenvalue weighted by atomic mass is 9.44. The monoisotopic (exact) mass is 430 g/mol. The third kappa shape index (κ3) is 2.66. The van der Waals surface area contributed by atoms with Crippen molar-refractivity contribution in [3.05, 3.63) is 23.2 Å². The predicted octanol–water partition coefficient (Wildman–Crippen LogP) is 4.75. The Labute approximate surface area is 183 Å². The Morgan fingerprint density at radius 3 is 2.45 bits per heavy atom. The van der Waals surface area contributed by atoms with Crippen LogP contribution in [0.2, 0.25) is 0 Å². The van der Waals surface area contributed by atoms with Crippen LogP contribution in [0.15, 0.2) is 23.2 Å². The molecule has 0 bridgehead atoms. The lowest BCUT2D eigenvalue weighted by Gasteiger charge is -2.59. The number of aliphatic carboxylic acids is 1. The third-order valence-electron chi connectivity index (χ3n) is 10.1. The third-order valence-corrected chi connectivity index (χ3v) is 10.1. The standard InChI is InChI=1S/C25H34O6/c1-13-11-18-16-6-5-15-12-19(27)21(30)22(31)24(15,4)17(16)7-9-23(18,3)25(13,14(2)26)10-8-20(28)29/h12-13,16-18,27,30H,5-11H2,1-4H3,(H,28,29)/t13-,16+,17-,18-,23-,24-,25+/m0/s1. The van der Waals surface area contributed by atoms with Crippen LogP contribution >= 0.6 is 0 Å². The van der Waals surface area contributed by atoms with Gasteiger partial charge in [-0.15, -0.1) is 0 Å². The van der Waals surface area contributed by atoms with E-state index in [4.69, 9.17) is 0 Å². The molecular formula is C25H34O6. The zero-order valence-corrected chi connectivity index (χ0v) is 18.9. The molecule has 0 radical (unpaired) electrons. The molecule has 170 valence electrons. The lowest BCUT2D eigenvalue weighted by molar-refractivity contribution is -0.151. The Morgan fingerprint density at radius 1 is 1.16 bits per heavy atom. The molecule has 0 aromatic rings. The Bertz CT molecular complexity index is 915. The number of carbonyl (C=O) groups excluding carboxylic acids is 2. The summed E-state index contributed by atoms with van der Waals surface area (Å²) >= 11 is 0. The van der Waals surface area contributed by atoms with Gasteiger partial charge < -0.3 is 15.3 Å². The maximum atomic E-state index is 13.2. The molecule has 4 aliphatic rings. The highest BCUT2D eigenvalue weighted by molar-refractivity contribution is 6.02. The molecule has 6 nitrogen and oxygen atoms in total. The summed E-state index contributed by atoms with van der Waals surface area (Å²) in [6.07, 6.45) is 5.85. The molecule has 4 aliphatic carbocycles. The Morgan fingerprint density at radius 2 is 1.84 bits per heavy atom. The van der Waals surface area contributed by atoms with E-state index in [-0.39, 0.29) is 47.0 Å². The van der Waals surface area contributed by atoms with Crippen LogP contribution in [0.25, 0.3) is 0 Å². The Hall–Kier alpha value is -2.11. The van der Waals surface area contributed by atoms with Gasteiger partial charge in [0, 0.05) is 11.8 Å². The molecule has 3 fully saturated rings. The number of carbonyl (C=O) groups is 3. The van der Waals surface area contributed by atoms with Crippen LogP contribution in [0.1, 0.15) is 72.6 Å². The number of carboxylic acids is 1. The highest BCUT2D eigenvalue weighted by atomic mass is 16.4. The van der Waals surface area contributed by atoms with Gasteiger partial charge in [0.25, 0.3) is 0 Å². The van der Waals surface area contributed by atoms with Gasteiger partial charge in [0.05, 0.1) is 5.41 Å². The number of rotatable bonds is 4. The van der Waals surface area contributed by atoms with Crippen LogP contribution in [0.3, 0.4) is 0 Å². The fourth-order valence-corrected chi connectivity index (χ4v) is 8.57. The van der Waals surface area contributed by atoms with Crippen molar-refractivity contribution in [2.24, 2.45) is 39.9 Å². The molecule has 0 aromatic heterocycles. The molecule has 0 aromatic carbocycles. The first-order chi connectivity index (χ1) is 14.4. The summed E-state index contributed by atoms with van der Waals surface area (Å²) in [6.45, 7) is 7.80. The lowest BCUT2D eigenvalue weighted by Crippen LogP contribution is -2.56. The van der Waals surface area contributed by atoms with Crippen LogP contribution in [0, 0.1) is 39.9 Å². The molecular weight excluding hydrogens is 396 g/mol. The molecule has 3 saturated carbocycles. The fourth-order valence-electron chi connectivity index (χ4n) is 8.57. The second-order valence-corrected chi connectivity index (χ2v) is 10.9. The molecule has 0 heterocycles. The minimum Gasteiger partial charge on any atom is -0.504 e. The summed E-state index contributed by atoms with van der Waals surface area (Å²) in [5, 5.41) is 29.6. The summed E-state index contributed by atoms with van der Waals surface area (Å²) < 4.78 is 0. The van der Waals surface area contributed by atoms with E-state index >= 15 is 0 Å². The smallest absolute Gasteiger partial charge is 0.303 e. The summed E-state index contributed by atoms with van der Waals surface area (Å²) in [6, 6.07) is 0. The number of ketones is 2. The van der Waals surface area contributed by atoms with Crippen molar-refractivity contribution < 1.29 is 29.7 Å². The highest BCUT2D eigenvalue weighted by Gasteiger charge is 2.68. The van der Waals surface area contributed by atoms with Crippen LogP contribution in [0.4, 0.5) is 0 Å². The quantitative estimate of drug-likeness (QED) is 0.593. The van der Waals surface area contributed by atoms with Gasteiger partial charge in [-0.05, 0) is 87.5 Å². The molecule has 3 N–H and O–H groups in total. The van der Waals surface area contributed by atoms with Crippen molar-refractivity contribution in [3.63, 3.8) is 0 Å². The van der Waals surface area contributed by atoms with E-state index in [1.807, 2.05) is 6.92 Å². The maximum absolute atomic E-state index is 13.2. The van der Waals surface area contributed by atoms with E-state index in [1.54, 1.807) is 13.0 Å². The number of fused-ring (bicyclic) bond motifs is 5. The van der Waals surface area contributed by atoms with Gasteiger partial charge in [-0.25, -0.2) is 0 Å². The molecule has 0 aliphatic heterocycles. The van der Waals surface area contributed by atoms with Crippen molar-refractivity contribution in [2.75, 3.05) is 0 Å². The normalized spacial score (nSPS) is 44.3. The topological polar surface area (TPSA) is 112 Å². The van der Waals surface area contributed by atoms with Gasteiger partial charge in [-0.3, -0.25) is 14.4 Å². The van der Waals surface area contributed by atoms with Gasteiger partial charge in [0.1, 0.15) is 5.78 Å². The SMILES string of the molecule is CC(=O)[C@@]1(CCC(=O)O)[C@@H](C)C[C@H]2[C@@H]3CCC4=CC(O)=C(O)C(=O)[C@]4(C)[C@H]3CC[C@@]21C.